The van der Waals surface area contributed by atoms with Crippen LogP contribution >= 0.6 is 0 Å². The van der Waals surface area contributed by atoms with Gasteiger partial charge in [0.05, 0.1) is 0 Å². The molecule has 0 radical (unpaired) electrons. The maximum absolute atomic E-state index is 10.5. The van der Waals surface area contributed by atoms with Crippen molar-refractivity contribution in [2.24, 2.45) is 0 Å². The van der Waals surface area contributed by atoms with E-state index in [0.29, 0.717) is 5.56 Å². The second-order valence-corrected chi connectivity index (χ2v) is 3.06. The van der Waals surface area contributed by atoms with E-state index in [2.05, 4.69) is 0 Å². The number of rotatable bonds is 3. The minimum atomic E-state index is -1.000. The van der Waals surface area contributed by atoms with Gasteiger partial charge in [0.15, 0.2) is 5.69 Å². The highest BCUT2D eigenvalue weighted by atomic mass is 16.8. The third-order valence-corrected chi connectivity index (χ3v) is 1.88. The summed E-state index contributed by atoms with van der Waals surface area (Å²) in [5.41, 5.74) is 1.05. The number of carbonyl (C=O) groups is 1. The Morgan fingerprint density at radius 2 is 1.93 bits per heavy atom. The molecule has 0 aliphatic heterocycles. The van der Waals surface area contributed by atoms with Gasteiger partial charge in [-0.25, -0.2) is 10.0 Å². The van der Waals surface area contributed by atoms with Gasteiger partial charge in [-0.15, -0.1) is 0 Å². The minimum absolute atomic E-state index is 0.181. The van der Waals surface area contributed by atoms with Crippen LogP contribution in [0.2, 0.25) is 0 Å². The zero-order chi connectivity index (χ0) is 11.4. The molecule has 0 fully saturated rings. The van der Waals surface area contributed by atoms with Crippen LogP contribution in [0.1, 0.15) is 12.5 Å². The lowest BCUT2D eigenvalue weighted by Crippen LogP contribution is -2.99. The molecule has 1 unspecified atom stereocenters. The van der Waals surface area contributed by atoms with Crippen LogP contribution < -0.4 is 5.23 Å². The lowest BCUT2D eigenvalue weighted by molar-refractivity contribution is -0.991. The normalized spacial score (nSPS) is 13.7. The second kappa shape index (κ2) is 4.70. The average Bonchev–Trinajstić information content (AvgIpc) is 2.18. The highest BCUT2D eigenvalue weighted by Gasteiger charge is 2.01. The predicted octanol–water partition coefficient (Wildman–Crippen LogP) is 0.578. The maximum Gasteiger partial charge on any atom is 0.331 e. The minimum Gasteiger partial charge on any atom is -0.595 e. The molecule has 5 heteroatoms. The Kier molecular flexibility index (Phi) is 3.56. The Morgan fingerprint density at radius 1 is 1.40 bits per heavy atom. The molecular formula is C10H11NO4. The number of hydrogen-bond acceptors (Lipinski definition) is 3. The highest BCUT2D eigenvalue weighted by molar-refractivity contribution is 5.91. The van der Waals surface area contributed by atoms with Gasteiger partial charge in [0, 0.05) is 17.7 Å². The summed E-state index contributed by atoms with van der Waals surface area (Å²) in [6.45, 7) is 1.48. The number of carboxylic acids is 1. The topological polar surface area (TPSA) is 85.0 Å². The van der Waals surface area contributed by atoms with Crippen molar-refractivity contribution in [1.82, 2.24) is 0 Å². The molecule has 0 spiro atoms. The van der Waals surface area contributed by atoms with Crippen LogP contribution in [0.15, 0.2) is 29.8 Å². The molecule has 0 heterocycles. The lowest BCUT2D eigenvalue weighted by atomic mass is 10.1. The Hall–Kier alpha value is -1.69. The highest BCUT2D eigenvalue weighted by Crippen LogP contribution is 2.09. The zero-order valence-corrected chi connectivity index (χ0v) is 8.10. The molecule has 1 aromatic carbocycles. The molecular weight excluding hydrogens is 198 g/mol. The Morgan fingerprint density at radius 3 is 2.33 bits per heavy atom. The van der Waals surface area contributed by atoms with Gasteiger partial charge in [0.25, 0.3) is 0 Å². The summed E-state index contributed by atoms with van der Waals surface area (Å²) in [6.07, 6.45) is 1.48. The number of carboxylic acid groups (broad SMARTS) is 1. The van der Waals surface area contributed by atoms with Crippen LogP contribution in [0.5, 0.6) is 0 Å². The maximum atomic E-state index is 10.5. The third-order valence-electron chi connectivity index (χ3n) is 1.88. The third kappa shape index (κ3) is 3.17. The lowest BCUT2D eigenvalue weighted by Gasteiger charge is -2.10. The van der Waals surface area contributed by atoms with Gasteiger partial charge < -0.3 is 10.3 Å². The average molecular weight is 209 g/mol. The molecule has 0 aromatic heterocycles. The van der Waals surface area contributed by atoms with Crippen molar-refractivity contribution < 1.29 is 20.3 Å². The van der Waals surface area contributed by atoms with Crippen LogP contribution in [-0.4, -0.2) is 16.3 Å². The van der Waals surface area contributed by atoms with Crippen molar-refractivity contribution in [3.8, 4) is 0 Å². The number of hydrogen-bond donors (Lipinski definition) is 3. The fourth-order valence-corrected chi connectivity index (χ4v) is 1.03. The first-order chi connectivity index (χ1) is 7.00. The second-order valence-electron chi connectivity index (χ2n) is 3.06. The fraction of sp³-hybridized carbons (Fsp3) is 0.100. The molecule has 1 aromatic rings. The number of nitrogens with one attached hydrogen (secondary N) is 1. The summed E-state index contributed by atoms with van der Waals surface area (Å²) in [5, 5.41) is 26.8. The van der Waals surface area contributed by atoms with Gasteiger partial charge in [-0.3, -0.25) is 0 Å². The molecule has 0 amide bonds. The van der Waals surface area contributed by atoms with Crippen molar-refractivity contribution in [1.29, 1.82) is 0 Å². The summed E-state index contributed by atoms with van der Waals surface area (Å²) < 4.78 is 0. The van der Waals surface area contributed by atoms with E-state index >= 15 is 0 Å². The standard InChI is InChI=1S/C10H11NO4/c1-7(10(12)13)6-8-2-4-9(5-3-8)11(14)15/h2-6,11,14H,1H3,(H,12,13)/b7-6+. The molecule has 0 saturated heterocycles. The summed E-state index contributed by atoms with van der Waals surface area (Å²) in [4.78, 5) is 10.5. The van der Waals surface area contributed by atoms with E-state index in [4.69, 9.17) is 10.3 Å². The van der Waals surface area contributed by atoms with Gasteiger partial charge in [0.2, 0.25) is 0 Å². The molecule has 3 N–H and O–H groups in total. The van der Waals surface area contributed by atoms with Crippen molar-refractivity contribution >= 4 is 17.7 Å². The Balaban J connectivity index is 2.90. The molecule has 0 saturated carbocycles. The van der Waals surface area contributed by atoms with E-state index < -0.39 is 11.2 Å². The number of quaternary nitrogens is 1. The van der Waals surface area contributed by atoms with E-state index in [1.165, 1.54) is 25.1 Å². The van der Waals surface area contributed by atoms with E-state index in [9.17, 15) is 10.0 Å². The van der Waals surface area contributed by atoms with E-state index in [1.807, 2.05) is 0 Å². The van der Waals surface area contributed by atoms with Crippen molar-refractivity contribution in [2.75, 3.05) is 0 Å². The number of aliphatic carboxylic acids is 1. The van der Waals surface area contributed by atoms with Crippen molar-refractivity contribution in [3.63, 3.8) is 0 Å². The first-order valence-electron chi connectivity index (χ1n) is 4.25. The Bertz CT molecular complexity index is 381. The van der Waals surface area contributed by atoms with E-state index in [0.717, 1.165) is 0 Å². The van der Waals surface area contributed by atoms with Crippen LogP contribution in [0.4, 0.5) is 5.69 Å². The molecule has 5 nitrogen and oxygen atoms in total. The molecule has 0 aliphatic rings. The summed E-state index contributed by atoms with van der Waals surface area (Å²) in [7, 11) is 0. The molecule has 0 bridgehead atoms. The molecule has 1 atom stereocenters. The van der Waals surface area contributed by atoms with Crippen molar-refractivity contribution in [2.45, 2.75) is 6.92 Å². The smallest absolute Gasteiger partial charge is 0.331 e. The predicted molar refractivity (Wildman–Crippen MR) is 53.5 cm³/mol. The molecule has 15 heavy (non-hydrogen) atoms. The van der Waals surface area contributed by atoms with Crippen LogP contribution in [0.25, 0.3) is 6.08 Å². The van der Waals surface area contributed by atoms with E-state index in [1.54, 1.807) is 12.1 Å². The van der Waals surface area contributed by atoms with Crippen LogP contribution in [0.3, 0.4) is 0 Å². The summed E-state index contributed by atoms with van der Waals surface area (Å²) >= 11 is 0. The molecule has 1 rings (SSSR count). The Labute approximate surface area is 86.4 Å². The number of benzene rings is 1. The quantitative estimate of drug-likeness (QED) is 0.502. The largest absolute Gasteiger partial charge is 0.595 e. The summed E-state index contributed by atoms with van der Waals surface area (Å²) in [5.74, 6) is -0.989. The van der Waals surface area contributed by atoms with Crippen molar-refractivity contribution in [3.05, 3.63) is 40.6 Å². The van der Waals surface area contributed by atoms with Crippen LogP contribution in [0, 0.1) is 5.21 Å². The van der Waals surface area contributed by atoms with Gasteiger partial charge in [-0.1, -0.05) is 0 Å². The first kappa shape index (κ1) is 11.4. The SMILES string of the molecule is C/C(=C\c1ccc([NH+]([O-])O)cc1)C(=O)O. The zero-order valence-electron chi connectivity index (χ0n) is 8.10. The van der Waals surface area contributed by atoms with E-state index in [-0.39, 0.29) is 11.3 Å². The fourth-order valence-electron chi connectivity index (χ4n) is 1.03. The van der Waals surface area contributed by atoms with Gasteiger partial charge in [-0.2, -0.15) is 5.23 Å². The van der Waals surface area contributed by atoms with Gasteiger partial charge in [0.1, 0.15) is 0 Å². The monoisotopic (exact) mass is 209 g/mol. The first-order valence-corrected chi connectivity index (χ1v) is 4.25. The van der Waals surface area contributed by atoms with Gasteiger partial charge >= 0.3 is 5.97 Å². The molecule has 0 aliphatic carbocycles. The summed E-state index contributed by atoms with van der Waals surface area (Å²) in [6, 6.07) is 6.00. The van der Waals surface area contributed by atoms with Crippen LogP contribution in [-0.2, 0) is 4.79 Å². The van der Waals surface area contributed by atoms with Gasteiger partial charge in [-0.05, 0) is 30.7 Å². The molecule has 80 valence electrons.